The molecule has 0 radical (unpaired) electrons. The zero-order chi connectivity index (χ0) is 15.2. The van der Waals surface area contributed by atoms with Gasteiger partial charge in [-0.3, -0.25) is 14.5 Å². The van der Waals surface area contributed by atoms with Crippen LogP contribution in [0.3, 0.4) is 0 Å². The molecule has 1 aromatic rings. The summed E-state index contributed by atoms with van der Waals surface area (Å²) >= 11 is 1.43. The zero-order valence-corrected chi connectivity index (χ0v) is 12.9. The lowest BCUT2D eigenvalue weighted by molar-refractivity contribution is -0.137. The Bertz CT molecular complexity index is 497. The summed E-state index contributed by atoms with van der Waals surface area (Å²) in [5.41, 5.74) is 0.961. The summed E-state index contributed by atoms with van der Waals surface area (Å²) in [6.45, 7) is 6.44. The molecule has 21 heavy (non-hydrogen) atoms. The summed E-state index contributed by atoms with van der Waals surface area (Å²) in [5, 5.41) is 14.0. The molecule has 8 heteroatoms. The molecule has 1 aromatic heterocycles. The number of rotatable bonds is 6. The van der Waals surface area contributed by atoms with E-state index in [1.54, 1.807) is 0 Å². The Labute approximate surface area is 127 Å². The highest BCUT2D eigenvalue weighted by Gasteiger charge is 2.18. The molecular weight excluding hydrogens is 292 g/mol. The van der Waals surface area contributed by atoms with Crippen LogP contribution in [0.2, 0.25) is 0 Å². The summed E-state index contributed by atoms with van der Waals surface area (Å²) in [6, 6.07) is 0. The highest BCUT2D eigenvalue weighted by molar-refractivity contribution is 7.13. The Kier molecular flexibility index (Phi) is 5.66. The predicted octanol–water partition coefficient (Wildman–Crippen LogP) is 0.694. The molecule has 1 amide bonds. The van der Waals surface area contributed by atoms with Gasteiger partial charge < -0.3 is 15.3 Å². The maximum absolute atomic E-state index is 11.0. The fraction of sp³-hybridized carbons (Fsp3) is 0.615. The van der Waals surface area contributed by atoms with E-state index in [2.05, 4.69) is 20.1 Å². The van der Waals surface area contributed by atoms with Crippen molar-refractivity contribution in [2.24, 2.45) is 0 Å². The van der Waals surface area contributed by atoms with E-state index in [0.29, 0.717) is 11.7 Å². The SMILES string of the molecule is CC(=O)Nc1nc(CN2CCN(CCC(=O)O)CC2)cs1. The molecule has 0 atom stereocenters. The second-order valence-electron chi connectivity index (χ2n) is 5.09. The molecule has 1 aliphatic heterocycles. The van der Waals surface area contributed by atoms with Crippen LogP contribution in [-0.4, -0.2) is 64.5 Å². The van der Waals surface area contributed by atoms with Gasteiger partial charge >= 0.3 is 5.97 Å². The molecule has 0 saturated carbocycles. The highest BCUT2D eigenvalue weighted by Crippen LogP contribution is 2.17. The number of nitrogens with zero attached hydrogens (tertiary/aromatic N) is 3. The normalized spacial score (nSPS) is 16.8. The number of aromatic nitrogens is 1. The molecule has 1 aliphatic rings. The minimum absolute atomic E-state index is 0.108. The summed E-state index contributed by atoms with van der Waals surface area (Å²) in [4.78, 5) is 30.4. The molecule has 0 unspecified atom stereocenters. The van der Waals surface area contributed by atoms with Crippen molar-refractivity contribution in [3.63, 3.8) is 0 Å². The van der Waals surface area contributed by atoms with Gasteiger partial charge in [-0.1, -0.05) is 0 Å². The van der Waals surface area contributed by atoms with Crippen molar-refractivity contribution in [2.75, 3.05) is 38.0 Å². The van der Waals surface area contributed by atoms with Gasteiger partial charge in [0.15, 0.2) is 5.13 Å². The lowest BCUT2D eigenvalue weighted by atomic mass is 10.2. The predicted molar refractivity (Wildman–Crippen MR) is 80.4 cm³/mol. The third kappa shape index (κ3) is 5.41. The van der Waals surface area contributed by atoms with Crippen LogP contribution in [0.5, 0.6) is 0 Å². The first-order valence-electron chi connectivity index (χ1n) is 6.91. The summed E-state index contributed by atoms with van der Waals surface area (Å²) in [5.74, 6) is -0.853. The number of aliphatic carboxylic acids is 1. The van der Waals surface area contributed by atoms with Crippen molar-refractivity contribution >= 4 is 28.3 Å². The average Bonchev–Trinajstić information content (AvgIpc) is 2.84. The molecule has 0 spiro atoms. The first-order valence-corrected chi connectivity index (χ1v) is 7.79. The monoisotopic (exact) mass is 312 g/mol. The maximum atomic E-state index is 11.0. The molecule has 0 bridgehead atoms. The van der Waals surface area contributed by atoms with Crippen molar-refractivity contribution in [3.05, 3.63) is 11.1 Å². The number of thiazole rings is 1. The fourth-order valence-corrected chi connectivity index (χ4v) is 2.99. The molecule has 116 valence electrons. The second kappa shape index (κ2) is 7.48. The topological polar surface area (TPSA) is 85.8 Å². The summed E-state index contributed by atoms with van der Waals surface area (Å²) in [6.07, 6.45) is 0.201. The number of hydrogen-bond donors (Lipinski definition) is 2. The zero-order valence-electron chi connectivity index (χ0n) is 12.0. The number of carboxylic acids is 1. The van der Waals surface area contributed by atoms with Gasteiger partial charge in [-0.2, -0.15) is 0 Å². The number of carbonyl (C=O) groups is 2. The minimum Gasteiger partial charge on any atom is -0.481 e. The second-order valence-corrected chi connectivity index (χ2v) is 5.94. The molecule has 1 saturated heterocycles. The minimum atomic E-state index is -0.745. The molecule has 1 fully saturated rings. The number of piperazine rings is 1. The van der Waals surface area contributed by atoms with Crippen molar-refractivity contribution in [2.45, 2.75) is 19.9 Å². The number of carboxylic acid groups (broad SMARTS) is 1. The largest absolute Gasteiger partial charge is 0.481 e. The molecule has 2 heterocycles. The number of carbonyl (C=O) groups excluding carboxylic acids is 1. The van der Waals surface area contributed by atoms with E-state index in [4.69, 9.17) is 5.11 Å². The fourth-order valence-electron chi connectivity index (χ4n) is 2.24. The van der Waals surface area contributed by atoms with Crippen LogP contribution in [0.4, 0.5) is 5.13 Å². The van der Waals surface area contributed by atoms with Gasteiger partial charge in [-0.25, -0.2) is 4.98 Å². The molecule has 2 rings (SSSR count). The maximum Gasteiger partial charge on any atom is 0.304 e. The van der Waals surface area contributed by atoms with Crippen LogP contribution >= 0.6 is 11.3 Å². The van der Waals surface area contributed by atoms with E-state index in [9.17, 15) is 9.59 Å². The smallest absolute Gasteiger partial charge is 0.304 e. The Morgan fingerprint density at radius 1 is 1.33 bits per heavy atom. The Hall–Kier alpha value is -1.51. The Balaban J connectivity index is 1.74. The van der Waals surface area contributed by atoms with Crippen LogP contribution in [0, 0.1) is 0 Å². The Morgan fingerprint density at radius 2 is 2.00 bits per heavy atom. The van der Waals surface area contributed by atoms with Crippen molar-refractivity contribution < 1.29 is 14.7 Å². The van der Waals surface area contributed by atoms with Crippen LogP contribution in [0.1, 0.15) is 19.0 Å². The Morgan fingerprint density at radius 3 is 2.62 bits per heavy atom. The van der Waals surface area contributed by atoms with Gasteiger partial charge in [-0.15, -0.1) is 11.3 Å². The van der Waals surface area contributed by atoms with Gasteiger partial charge in [0.05, 0.1) is 12.1 Å². The van der Waals surface area contributed by atoms with Crippen LogP contribution in [0.15, 0.2) is 5.38 Å². The molecule has 0 aromatic carbocycles. The third-order valence-corrected chi connectivity index (χ3v) is 4.13. The van der Waals surface area contributed by atoms with Crippen LogP contribution < -0.4 is 5.32 Å². The lowest BCUT2D eigenvalue weighted by Crippen LogP contribution is -2.46. The molecule has 0 aliphatic carbocycles. The number of hydrogen-bond acceptors (Lipinski definition) is 6. The first kappa shape index (κ1) is 15.9. The quantitative estimate of drug-likeness (QED) is 0.804. The van der Waals surface area contributed by atoms with Gasteiger partial charge in [-0.05, 0) is 0 Å². The van der Waals surface area contributed by atoms with E-state index in [1.807, 2.05) is 5.38 Å². The standard InChI is InChI=1S/C13H20N4O3S/c1-10(18)14-13-15-11(9-21-13)8-17-6-4-16(5-7-17)3-2-12(19)20/h9H,2-8H2,1H3,(H,19,20)(H,14,15,18). The number of anilines is 1. The lowest BCUT2D eigenvalue weighted by Gasteiger charge is -2.34. The van der Waals surface area contributed by atoms with E-state index < -0.39 is 5.97 Å². The van der Waals surface area contributed by atoms with Crippen molar-refractivity contribution in [3.8, 4) is 0 Å². The van der Waals surface area contributed by atoms with E-state index in [0.717, 1.165) is 38.4 Å². The van der Waals surface area contributed by atoms with Crippen molar-refractivity contribution in [1.82, 2.24) is 14.8 Å². The number of amides is 1. The van der Waals surface area contributed by atoms with E-state index in [-0.39, 0.29) is 12.3 Å². The van der Waals surface area contributed by atoms with Gasteiger partial charge in [0, 0.05) is 51.6 Å². The van der Waals surface area contributed by atoms with Gasteiger partial charge in [0.25, 0.3) is 0 Å². The van der Waals surface area contributed by atoms with Crippen LogP contribution in [-0.2, 0) is 16.1 Å². The van der Waals surface area contributed by atoms with Gasteiger partial charge in [0.2, 0.25) is 5.91 Å². The van der Waals surface area contributed by atoms with Crippen LogP contribution in [0.25, 0.3) is 0 Å². The molecule has 2 N–H and O–H groups in total. The summed E-state index contributed by atoms with van der Waals surface area (Å²) < 4.78 is 0. The average molecular weight is 312 g/mol. The number of nitrogens with one attached hydrogen (secondary N) is 1. The van der Waals surface area contributed by atoms with E-state index >= 15 is 0 Å². The summed E-state index contributed by atoms with van der Waals surface area (Å²) in [7, 11) is 0. The first-order chi connectivity index (χ1) is 10.0. The molecular formula is C13H20N4O3S. The van der Waals surface area contributed by atoms with Crippen molar-refractivity contribution in [1.29, 1.82) is 0 Å². The van der Waals surface area contributed by atoms with E-state index in [1.165, 1.54) is 18.3 Å². The highest BCUT2D eigenvalue weighted by atomic mass is 32.1. The third-order valence-electron chi connectivity index (χ3n) is 3.33. The van der Waals surface area contributed by atoms with Gasteiger partial charge in [0.1, 0.15) is 0 Å². The molecule has 7 nitrogen and oxygen atoms in total.